The van der Waals surface area contributed by atoms with Crippen molar-refractivity contribution in [3.8, 4) is 0 Å². The maximum absolute atomic E-state index is 12.0. The molecule has 1 aromatic rings. The van der Waals surface area contributed by atoms with Crippen LogP contribution < -0.4 is 4.72 Å². The topological polar surface area (TPSA) is 91.6 Å². The van der Waals surface area contributed by atoms with E-state index in [-0.39, 0.29) is 13.1 Å². The summed E-state index contributed by atoms with van der Waals surface area (Å²) in [6, 6.07) is 3.76. The first-order valence-corrected chi connectivity index (χ1v) is 8.01. The Kier molecular flexibility index (Phi) is 4.79. The van der Waals surface area contributed by atoms with Crippen molar-refractivity contribution in [1.29, 1.82) is 0 Å². The lowest BCUT2D eigenvalue weighted by molar-refractivity contribution is -0.142. The van der Waals surface area contributed by atoms with E-state index in [4.69, 9.17) is 5.11 Å². The van der Waals surface area contributed by atoms with Gasteiger partial charge in [0.05, 0.1) is 5.92 Å². The van der Waals surface area contributed by atoms with Crippen LogP contribution in [0.25, 0.3) is 0 Å². The summed E-state index contributed by atoms with van der Waals surface area (Å²) in [6.07, 6.45) is 4.47. The first kappa shape index (κ1) is 15.0. The Morgan fingerprint density at radius 3 is 2.40 bits per heavy atom. The molecule has 0 bridgehead atoms. The minimum atomic E-state index is -3.51. The molecule has 20 heavy (non-hydrogen) atoms. The van der Waals surface area contributed by atoms with Gasteiger partial charge in [0.1, 0.15) is 0 Å². The molecule has 0 unspecified atom stereocenters. The molecule has 1 aromatic heterocycles. The molecule has 0 radical (unpaired) electrons. The number of aliphatic carboxylic acids is 1. The first-order valence-electron chi connectivity index (χ1n) is 6.57. The Hall–Kier alpha value is -1.38. The summed E-state index contributed by atoms with van der Waals surface area (Å²) in [6.45, 7) is 1.40. The van der Waals surface area contributed by atoms with Gasteiger partial charge in [0, 0.05) is 38.6 Å². The highest BCUT2D eigenvalue weighted by atomic mass is 32.2. The Morgan fingerprint density at radius 2 is 1.85 bits per heavy atom. The van der Waals surface area contributed by atoms with Crippen LogP contribution in [0.1, 0.15) is 12.8 Å². The maximum atomic E-state index is 12.0. The molecular formula is C12H19N3O4S. The lowest BCUT2D eigenvalue weighted by Gasteiger charge is -2.29. The number of aromatic nitrogens is 1. The Morgan fingerprint density at radius 1 is 1.25 bits per heavy atom. The van der Waals surface area contributed by atoms with Crippen molar-refractivity contribution in [3.05, 3.63) is 24.5 Å². The Bertz CT molecular complexity index is 533. The van der Waals surface area contributed by atoms with E-state index in [2.05, 4.69) is 4.72 Å². The van der Waals surface area contributed by atoms with Gasteiger partial charge in [-0.25, -0.2) is 4.72 Å². The quantitative estimate of drug-likeness (QED) is 0.780. The molecule has 0 spiro atoms. The Labute approximate surface area is 118 Å². The predicted octanol–water partition coefficient (Wildman–Crippen LogP) is 0.119. The number of carboxylic acids is 1. The van der Waals surface area contributed by atoms with Crippen LogP contribution in [0.2, 0.25) is 0 Å². The van der Waals surface area contributed by atoms with Crippen molar-refractivity contribution >= 4 is 16.2 Å². The molecule has 1 saturated heterocycles. The number of hydrogen-bond donors (Lipinski definition) is 2. The van der Waals surface area contributed by atoms with E-state index in [9.17, 15) is 13.2 Å². The average molecular weight is 301 g/mol. The van der Waals surface area contributed by atoms with Gasteiger partial charge in [-0.05, 0) is 25.0 Å². The molecular weight excluding hydrogens is 282 g/mol. The molecule has 1 fully saturated rings. The van der Waals surface area contributed by atoms with Crippen molar-refractivity contribution in [2.75, 3.05) is 19.6 Å². The van der Waals surface area contributed by atoms with Gasteiger partial charge in [-0.3, -0.25) is 4.79 Å². The van der Waals surface area contributed by atoms with Crippen LogP contribution in [0.5, 0.6) is 0 Å². The van der Waals surface area contributed by atoms with Crippen LogP contribution >= 0.6 is 0 Å². The number of hydrogen-bond acceptors (Lipinski definition) is 3. The van der Waals surface area contributed by atoms with Crippen molar-refractivity contribution in [2.24, 2.45) is 5.92 Å². The molecule has 7 nitrogen and oxygen atoms in total. The van der Waals surface area contributed by atoms with Crippen molar-refractivity contribution in [3.63, 3.8) is 0 Å². The minimum Gasteiger partial charge on any atom is -0.481 e. The number of nitrogens with zero attached hydrogens (tertiary/aromatic N) is 2. The van der Waals surface area contributed by atoms with E-state index in [1.807, 2.05) is 29.1 Å². The van der Waals surface area contributed by atoms with E-state index < -0.39 is 22.1 Å². The van der Waals surface area contributed by atoms with Crippen LogP contribution in [0.4, 0.5) is 0 Å². The molecule has 1 aliphatic heterocycles. The van der Waals surface area contributed by atoms with E-state index in [0.29, 0.717) is 25.9 Å². The third-order valence-electron chi connectivity index (χ3n) is 3.46. The largest absolute Gasteiger partial charge is 0.481 e. The number of rotatable bonds is 6. The fraction of sp³-hybridized carbons (Fsp3) is 0.583. The number of carboxylic acid groups (broad SMARTS) is 1. The molecule has 2 rings (SSSR count). The molecule has 0 atom stereocenters. The van der Waals surface area contributed by atoms with Crippen LogP contribution in [-0.2, 0) is 21.5 Å². The lowest BCUT2D eigenvalue weighted by Crippen LogP contribution is -2.46. The zero-order valence-electron chi connectivity index (χ0n) is 11.1. The van der Waals surface area contributed by atoms with Gasteiger partial charge in [0.25, 0.3) is 10.2 Å². The zero-order chi connectivity index (χ0) is 14.6. The second-order valence-corrected chi connectivity index (χ2v) is 6.59. The Balaban J connectivity index is 1.80. The van der Waals surface area contributed by atoms with Crippen LogP contribution in [-0.4, -0.2) is 48.0 Å². The molecule has 0 aromatic carbocycles. The predicted molar refractivity (Wildman–Crippen MR) is 73.3 cm³/mol. The monoisotopic (exact) mass is 301 g/mol. The second-order valence-electron chi connectivity index (χ2n) is 4.83. The van der Waals surface area contributed by atoms with Crippen molar-refractivity contribution in [2.45, 2.75) is 19.4 Å². The second kappa shape index (κ2) is 6.38. The summed E-state index contributed by atoms with van der Waals surface area (Å²) >= 11 is 0. The number of piperidine rings is 1. The van der Waals surface area contributed by atoms with Gasteiger partial charge >= 0.3 is 5.97 Å². The summed E-state index contributed by atoms with van der Waals surface area (Å²) in [7, 11) is -3.51. The van der Waals surface area contributed by atoms with E-state index in [0.717, 1.165) is 0 Å². The summed E-state index contributed by atoms with van der Waals surface area (Å²) in [5.41, 5.74) is 0. The fourth-order valence-corrected chi connectivity index (χ4v) is 3.48. The van der Waals surface area contributed by atoms with E-state index in [1.54, 1.807) is 0 Å². The van der Waals surface area contributed by atoms with Crippen LogP contribution in [0.15, 0.2) is 24.5 Å². The molecule has 1 aliphatic rings. The number of nitrogens with one attached hydrogen (secondary N) is 1. The van der Waals surface area contributed by atoms with Crippen LogP contribution in [0.3, 0.4) is 0 Å². The molecule has 0 aliphatic carbocycles. The highest BCUT2D eigenvalue weighted by Gasteiger charge is 2.30. The van der Waals surface area contributed by atoms with Gasteiger partial charge in [-0.15, -0.1) is 0 Å². The highest BCUT2D eigenvalue weighted by Crippen LogP contribution is 2.18. The van der Waals surface area contributed by atoms with Gasteiger partial charge in [-0.2, -0.15) is 12.7 Å². The van der Waals surface area contributed by atoms with Crippen LogP contribution in [0, 0.1) is 5.92 Å². The van der Waals surface area contributed by atoms with E-state index >= 15 is 0 Å². The van der Waals surface area contributed by atoms with E-state index in [1.165, 1.54) is 4.31 Å². The summed E-state index contributed by atoms with van der Waals surface area (Å²) in [4.78, 5) is 10.8. The molecule has 2 heterocycles. The van der Waals surface area contributed by atoms with Gasteiger partial charge in [0.2, 0.25) is 0 Å². The molecule has 2 N–H and O–H groups in total. The fourth-order valence-electron chi connectivity index (χ4n) is 2.26. The normalized spacial score (nSPS) is 18.2. The third kappa shape index (κ3) is 3.81. The SMILES string of the molecule is O=C(O)C1CCN(S(=O)(=O)NCCn2cccc2)CC1. The van der Waals surface area contributed by atoms with Gasteiger partial charge in [0.15, 0.2) is 0 Å². The highest BCUT2D eigenvalue weighted by molar-refractivity contribution is 7.87. The van der Waals surface area contributed by atoms with Crippen molar-refractivity contribution < 1.29 is 18.3 Å². The smallest absolute Gasteiger partial charge is 0.306 e. The lowest BCUT2D eigenvalue weighted by atomic mass is 9.99. The van der Waals surface area contributed by atoms with Gasteiger partial charge < -0.3 is 9.67 Å². The molecule has 112 valence electrons. The van der Waals surface area contributed by atoms with Gasteiger partial charge in [-0.1, -0.05) is 0 Å². The molecule has 0 saturated carbocycles. The minimum absolute atomic E-state index is 0.260. The van der Waals surface area contributed by atoms with Crippen molar-refractivity contribution in [1.82, 2.24) is 13.6 Å². The number of carbonyl (C=O) groups is 1. The zero-order valence-corrected chi connectivity index (χ0v) is 11.9. The molecule has 8 heteroatoms. The standard InChI is InChI=1S/C12H19N3O4S/c16-12(17)11-3-8-15(9-4-11)20(18,19)13-5-10-14-6-1-2-7-14/h1-2,6-7,11,13H,3-5,8-10H2,(H,16,17). The average Bonchev–Trinajstić information content (AvgIpc) is 2.92. The maximum Gasteiger partial charge on any atom is 0.306 e. The summed E-state index contributed by atoms with van der Waals surface area (Å²) < 4.78 is 29.8. The third-order valence-corrected chi connectivity index (χ3v) is 5.08. The summed E-state index contributed by atoms with van der Waals surface area (Å²) in [5, 5.41) is 8.89. The molecule has 0 amide bonds. The summed E-state index contributed by atoms with van der Waals surface area (Å²) in [5.74, 6) is -1.27. The first-order chi connectivity index (χ1) is 9.49.